The molecule has 2 rings (SSSR count). The Bertz CT molecular complexity index is 545. The van der Waals surface area contributed by atoms with E-state index in [1.165, 1.54) is 11.1 Å². The molecule has 0 amide bonds. The topological polar surface area (TPSA) is 29.1 Å². The Hall–Kier alpha value is -1.93. The van der Waals surface area contributed by atoms with Gasteiger partial charge in [-0.1, -0.05) is 60.2 Å². The quantitative estimate of drug-likeness (QED) is 0.813. The van der Waals surface area contributed by atoms with Crippen LogP contribution in [-0.4, -0.2) is 18.4 Å². The van der Waals surface area contributed by atoms with Gasteiger partial charge in [-0.15, -0.1) is 0 Å². The van der Waals surface area contributed by atoms with Crippen LogP contribution in [0.4, 0.5) is 0 Å². The minimum absolute atomic E-state index is 0.143. The number of rotatable bonds is 6. The molecule has 2 aromatic carbocycles. The van der Waals surface area contributed by atoms with E-state index in [-0.39, 0.29) is 11.8 Å². The van der Waals surface area contributed by atoms with Gasteiger partial charge in [0.25, 0.3) is 0 Å². The van der Waals surface area contributed by atoms with Gasteiger partial charge in [-0.2, -0.15) is 0 Å². The molecule has 104 valence electrons. The van der Waals surface area contributed by atoms with E-state index in [2.05, 4.69) is 24.4 Å². The lowest BCUT2D eigenvalue weighted by Crippen LogP contribution is -2.33. The van der Waals surface area contributed by atoms with Crippen LogP contribution in [0.5, 0.6) is 0 Å². The molecule has 1 unspecified atom stereocenters. The maximum Gasteiger partial charge on any atom is 0.176 e. The van der Waals surface area contributed by atoms with Crippen LogP contribution in [-0.2, 0) is 6.42 Å². The molecule has 2 heteroatoms. The highest BCUT2D eigenvalue weighted by atomic mass is 16.1. The second kappa shape index (κ2) is 7.01. The van der Waals surface area contributed by atoms with Gasteiger partial charge in [0.1, 0.15) is 0 Å². The van der Waals surface area contributed by atoms with E-state index in [1.54, 1.807) is 0 Å². The highest BCUT2D eigenvalue weighted by Gasteiger charge is 2.08. The summed E-state index contributed by atoms with van der Waals surface area (Å²) in [6.45, 7) is 4.51. The first kappa shape index (κ1) is 14.5. The smallest absolute Gasteiger partial charge is 0.176 e. The molecule has 0 fully saturated rings. The Balaban J connectivity index is 1.82. The number of carbonyl (C=O) groups excluding carboxylic acids is 1. The van der Waals surface area contributed by atoms with Gasteiger partial charge in [-0.05, 0) is 25.8 Å². The summed E-state index contributed by atoms with van der Waals surface area (Å²) >= 11 is 0. The van der Waals surface area contributed by atoms with Gasteiger partial charge in [0, 0.05) is 11.6 Å². The molecule has 0 bridgehead atoms. The largest absolute Gasteiger partial charge is 0.307 e. The third-order valence-corrected chi connectivity index (χ3v) is 3.37. The molecular formula is C18H21NO. The van der Waals surface area contributed by atoms with E-state index in [4.69, 9.17) is 0 Å². The summed E-state index contributed by atoms with van der Waals surface area (Å²) in [5.41, 5.74) is 3.23. The van der Waals surface area contributed by atoms with Crippen molar-refractivity contribution in [1.29, 1.82) is 0 Å². The average molecular weight is 267 g/mol. The van der Waals surface area contributed by atoms with Gasteiger partial charge < -0.3 is 5.32 Å². The van der Waals surface area contributed by atoms with Crippen molar-refractivity contribution >= 4 is 5.78 Å². The molecule has 0 aliphatic carbocycles. The van der Waals surface area contributed by atoms with Gasteiger partial charge in [0.2, 0.25) is 0 Å². The van der Waals surface area contributed by atoms with E-state index in [1.807, 2.05) is 49.4 Å². The van der Waals surface area contributed by atoms with Gasteiger partial charge >= 0.3 is 0 Å². The third kappa shape index (κ3) is 4.32. The van der Waals surface area contributed by atoms with Crippen molar-refractivity contribution < 1.29 is 4.79 Å². The fourth-order valence-corrected chi connectivity index (χ4v) is 2.15. The van der Waals surface area contributed by atoms with Gasteiger partial charge in [-0.25, -0.2) is 0 Å². The van der Waals surface area contributed by atoms with Crippen molar-refractivity contribution in [3.05, 3.63) is 71.3 Å². The second-order valence-corrected chi connectivity index (χ2v) is 5.26. The number of Topliss-reactive ketones (excluding diaryl/α,β-unsaturated/α-hetero) is 1. The monoisotopic (exact) mass is 267 g/mol. The van der Waals surface area contributed by atoms with Crippen molar-refractivity contribution in [3.8, 4) is 0 Å². The van der Waals surface area contributed by atoms with E-state index in [9.17, 15) is 4.79 Å². The summed E-state index contributed by atoms with van der Waals surface area (Å²) in [4.78, 5) is 12.1. The lowest BCUT2D eigenvalue weighted by Gasteiger charge is -2.13. The normalized spacial score (nSPS) is 12.1. The van der Waals surface area contributed by atoms with Crippen molar-refractivity contribution in [2.45, 2.75) is 26.3 Å². The molecule has 0 spiro atoms. The second-order valence-electron chi connectivity index (χ2n) is 5.26. The van der Waals surface area contributed by atoms with Crippen LogP contribution in [0.2, 0.25) is 0 Å². The molecule has 0 aliphatic heterocycles. The van der Waals surface area contributed by atoms with Crippen LogP contribution >= 0.6 is 0 Å². The zero-order chi connectivity index (χ0) is 14.4. The van der Waals surface area contributed by atoms with Crippen LogP contribution in [0.25, 0.3) is 0 Å². The van der Waals surface area contributed by atoms with Crippen molar-refractivity contribution in [2.75, 3.05) is 6.54 Å². The van der Waals surface area contributed by atoms with Gasteiger partial charge in [0.15, 0.2) is 5.78 Å². The number of aryl methyl sites for hydroxylation is 1. The minimum atomic E-state index is 0.143. The molecule has 0 aromatic heterocycles. The number of nitrogens with one attached hydrogen (secondary N) is 1. The van der Waals surface area contributed by atoms with Crippen LogP contribution in [0.3, 0.4) is 0 Å². The molecule has 1 atom stereocenters. The highest BCUT2D eigenvalue weighted by Crippen LogP contribution is 2.05. The molecule has 0 aliphatic rings. The predicted octanol–water partition coefficient (Wildman–Crippen LogP) is 3.40. The summed E-state index contributed by atoms with van der Waals surface area (Å²) < 4.78 is 0. The summed E-state index contributed by atoms with van der Waals surface area (Å²) in [7, 11) is 0. The maximum atomic E-state index is 12.1. The highest BCUT2D eigenvalue weighted by molar-refractivity contribution is 5.97. The number of ketones is 1. The Morgan fingerprint density at radius 1 is 1.05 bits per heavy atom. The van der Waals surface area contributed by atoms with Crippen molar-refractivity contribution in [1.82, 2.24) is 5.32 Å². The number of benzene rings is 2. The van der Waals surface area contributed by atoms with E-state index >= 15 is 0 Å². The van der Waals surface area contributed by atoms with Crippen LogP contribution in [0.1, 0.15) is 28.4 Å². The van der Waals surface area contributed by atoms with E-state index in [0.29, 0.717) is 6.54 Å². The SMILES string of the molecule is Cc1ccc(C(=O)CNC(C)Cc2ccccc2)cc1. The molecule has 0 radical (unpaired) electrons. The molecule has 2 nitrogen and oxygen atoms in total. The number of hydrogen-bond donors (Lipinski definition) is 1. The molecule has 2 aromatic rings. The van der Waals surface area contributed by atoms with Crippen LogP contribution < -0.4 is 5.32 Å². The molecular weight excluding hydrogens is 246 g/mol. The van der Waals surface area contributed by atoms with E-state index in [0.717, 1.165) is 12.0 Å². The third-order valence-electron chi connectivity index (χ3n) is 3.37. The first-order valence-electron chi connectivity index (χ1n) is 7.02. The molecule has 0 heterocycles. The first-order chi connectivity index (χ1) is 9.65. The van der Waals surface area contributed by atoms with Crippen LogP contribution in [0, 0.1) is 6.92 Å². The number of hydrogen-bond acceptors (Lipinski definition) is 2. The molecule has 0 saturated carbocycles. The Kier molecular flexibility index (Phi) is 5.08. The summed E-state index contributed by atoms with van der Waals surface area (Å²) in [5, 5.41) is 3.29. The zero-order valence-electron chi connectivity index (χ0n) is 12.1. The Morgan fingerprint density at radius 3 is 2.35 bits per heavy atom. The fraction of sp³-hybridized carbons (Fsp3) is 0.278. The predicted molar refractivity (Wildman–Crippen MR) is 83.1 cm³/mol. The molecule has 20 heavy (non-hydrogen) atoms. The van der Waals surface area contributed by atoms with Crippen LogP contribution in [0.15, 0.2) is 54.6 Å². The summed E-state index contributed by atoms with van der Waals surface area (Å²) in [6.07, 6.45) is 0.933. The first-order valence-corrected chi connectivity index (χ1v) is 7.02. The van der Waals surface area contributed by atoms with Gasteiger partial charge in [0.05, 0.1) is 6.54 Å². The standard InChI is InChI=1S/C18H21NO/c1-14-8-10-17(11-9-14)18(20)13-19-15(2)12-16-6-4-3-5-7-16/h3-11,15,19H,12-13H2,1-2H3. The summed E-state index contributed by atoms with van der Waals surface area (Å²) in [6, 6.07) is 18.3. The lowest BCUT2D eigenvalue weighted by atomic mass is 10.1. The van der Waals surface area contributed by atoms with E-state index < -0.39 is 0 Å². The lowest BCUT2D eigenvalue weighted by molar-refractivity contribution is 0.0988. The van der Waals surface area contributed by atoms with Crippen molar-refractivity contribution in [2.24, 2.45) is 0 Å². The minimum Gasteiger partial charge on any atom is -0.307 e. The molecule has 0 saturated heterocycles. The number of carbonyl (C=O) groups is 1. The fourth-order valence-electron chi connectivity index (χ4n) is 2.15. The molecule has 1 N–H and O–H groups in total. The maximum absolute atomic E-state index is 12.1. The van der Waals surface area contributed by atoms with Crippen molar-refractivity contribution in [3.63, 3.8) is 0 Å². The zero-order valence-corrected chi connectivity index (χ0v) is 12.1. The summed E-state index contributed by atoms with van der Waals surface area (Å²) in [5.74, 6) is 0.143. The Morgan fingerprint density at radius 2 is 1.70 bits per heavy atom. The van der Waals surface area contributed by atoms with Gasteiger partial charge in [-0.3, -0.25) is 4.79 Å². The Labute approximate surface area is 120 Å². The average Bonchev–Trinajstić information content (AvgIpc) is 2.46.